The molecule has 0 aliphatic heterocycles. The molecule has 0 aliphatic rings. The van der Waals surface area contributed by atoms with Crippen LogP contribution in [0.15, 0.2) is 24.4 Å². The summed E-state index contributed by atoms with van der Waals surface area (Å²) < 4.78 is 39.4. The average molecular weight is 259 g/mol. The number of hydrogen-bond acceptors (Lipinski definition) is 2. The van der Waals surface area contributed by atoms with Crippen LogP contribution in [0.3, 0.4) is 0 Å². The maximum atomic E-state index is 13.5. The monoisotopic (exact) mass is 258 g/mol. The van der Waals surface area contributed by atoms with Gasteiger partial charge in [-0.2, -0.15) is 0 Å². The molecular weight excluding hydrogens is 253 g/mol. The third-order valence-electron chi connectivity index (χ3n) is 2.16. The van der Waals surface area contributed by atoms with Gasteiger partial charge >= 0.3 is 0 Å². The molecule has 17 heavy (non-hydrogen) atoms. The average Bonchev–Trinajstić information content (AvgIpc) is 2.24. The highest BCUT2D eigenvalue weighted by molar-refractivity contribution is 6.31. The third-order valence-corrected chi connectivity index (χ3v) is 2.38. The Morgan fingerprint density at radius 3 is 2.41 bits per heavy atom. The van der Waals surface area contributed by atoms with Crippen molar-refractivity contribution in [2.24, 2.45) is 0 Å². The minimum atomic E-state index is -0.932. The van der Waals surface area contributed by atoms with Gasteiger partial charge in [0.1, 0.15) is 17.3 Å². The van der Waals surface area contributed by atoms with E-state index in [1.807, 2.05) is 0 Å². The summed E-state index contributed by atoms with van der Waals surface area (Å²) >= 11 is 5.64. The summed E-state index contributed by atoms with van der Waals surface area (Å²) in [5, 5.41) is 0.0530. The Labute approximate surface area is 99.8 Å². The van der Waals surface area contributed by atoms with Crippen LogP contribution in [0.25, 0.3) is 11.3 Å². The lowest BCUT2D eigenvalue weighted by molar-refractivity contribution is 0.576. The molecular formula is C11H6ClF3N2. The van der Waals surface area contributed by atoms with Crippen LogP contribution in [0.1, 0.15) is 0 Å². The van der Waals surface area contributed by atoms with Crippen molar-refractivity contribution in [3.63, 3.8) is 0 Å². The van der Waals surface area contributed by atoms with Crippen molar-refractivity contribution in [1.29, 1.82) is 0 Å². The fourth-order valence-electron chi connectivity index (χ4n) is 1.39. The lowest BCUT2D eigenvalue weighted by Crippen LogP contribution is -1.98. The smallest absolute Gasteiger partial charge is 0.152 e. The first kappa shape index (κ1) is 11.7. The quantitative estimate of drug-likeness (QED) is 0.796. The molecule has 2 N–H and O–H groups in total. The molecule has 2 nitrogen and oxygen atoms in total. The van der Waals surface area contributed by atoms with Gasteiger partial charge in [-0.15, -0.1) is 0 Å². The molecule has 2 rings (SSSR count). The Hall–Kier alpha value is -1.75. The minimum absolute atomic E-state index is 0.00694. The van der Waals surface area contributed by atoms with Gasteiger partial charge in [0.05, 0.1) is 11.9 Å². The van der Waals surface area contributed by atoms with Crippen molar-refractivity contribution < 1.29 is 13.2 Å². The van der Waals surface area contributed by atoms with E-state index in [2.05, 4.69) is 4.98 Å². The summed E-state index contributed by atoms with van der Waals surface area (Å²) in [6, 6.07) is 2.91. The summed E-state index contributed by atoms with van der Waals surface area (Å²) in [5.41, 5.74) is 4.92. The van der Waals surface area contributed by atoms with Crippen molar-refractivity contribution in [3.8, 4) is 11.3 Å². The van der Waals surface area contributed by atoms with E-state index in [-0.39, 0.29) is 22.0 Å². The molecule has 88 valence electrons. The van der Waals surface area contributed by atoms with Gasteiger partial charge < -0.3 is 5.73 Å². The van der Waals surface area contributed by atoms with Gasteiger partial charge in [-0.05, 0) is 12.1 Å². The molecule has 1 aromatic heterocycles. The predicted molar refractivity (Wildman–Crippen MR) is 59.0 cm³/mol. The number of nitrogen functional groups attached to an aromatic ring is 1. The third kappa shape index (κ3) is 2.19. The van der Waals surface area contributed by atoms with Crippen LogP contribution in [-0.2, 0) is 0 Å². The summed E-state index contributed by atoms with van der Waals surface area (Å²) in [7, 11) is 0. The van der Waals surface area contributed by atoms with Crippen LogP contribution in [0.2, 0.25) is 5.02 Å². The highest BCUT2D eigenvalue weighted by atomic mass is 35.5. The number of halogens is 4. The van der Waals surface area contributed by atoms with Crippen molar-refractivity contribution in [3.05, 3.63) is 46.9 Å². The van der Waals surface area contributed by atoms with Crippen LogP contribution in [0.5, 0.6) is 0 Å². The Morgan fingerprint density at radius 1 is 1.06 bits per heavy atom. The summed E-state index contributed by atoms with van der Waals surface area (Å²) in [4.78, 5) is 3.54. The molecule has 6 heteroatoms. The Morgan fingerprint density at radius 2 is 1.76 bits per heavy atom. The molecule has 0 radical (unpaired) electrons. The van der Waals surface area contributed by atoms with Crippen molar-refractivity contribution in [1.82, 2.24) is 4.98 Å². The van der Waals surface area contributed by atoms with Gasteiger partial charge in [0.15, 0.2) is 5.82 Å². The first-order valence-corrected chi connectivity index (χ1v) is 4.93. The van der Waals surface area contributed by atoms with Crippen LogP contribution in [0, 0.1) is 17.5 Å². The normalized spacial score (nSPS) is 10.6. The molecule has 0 bridgehead atoms. The number of hydrogen-bond donors (Lipinski definition) is 1. The van der Waals surface area contributed by atoms with Gasteiger partial charge in [0.2, 0.25) is 0 Å². The van der Waals surface area contributed by atoms with E-state index in [4.69, 9.17) is 17.3 Å². The minimum Gasteiger partial charge on any atom is -0.396 e. The lowest BCUT2D eigenvalue weighted by Gasteiger charge is -2.07. The maximum absolute atomic E-state index is 13.5. The second-order valence-electron chi connectivity index (χ2n) is 3.33. The van der Waals surface area contributed by atoms with Gasteiger partial charge in [-0.3, -0.25) is 4.98 Å². The zero-order chi connectivity index (χ0) is 12.6. The fraction of sp³-hybridized carbons (Fsp3) is 0. The Bertz CT molecular complexity index is 587. The van der Waals surface area contributed by atoms with Gasteiger partial charge in [-0.25, -0.2) is 13.2 Å². The SMILES string of the molecule is Nc1c(F)cc(Cl)cc1-c1ncc(F)cc1F. The fourth-order valence-corrected chi connectivity index (χ4v) is 1.60. The van der Waals surface area contributed by atoms with Crippen molar-refractivity contribution in [2.75, 3.05) is 5.73 Å². The zero-order valence-corrected chi connectivity index (χ0v) is 9.10. The Balaban J connectivity index is 2.68. The molecule has 0 unspecified atom stereocenters. The first-order valence-electron chi connectivity index (χ1n) is 4.55. The van der Waals surface area contributed by atoms with Crippen LogP contribution in [-0.4, -0.2) is 4.98 Å². The topological polar surface area (TPSA) is 38.9 Å². The zero-order valence-electron chi connectivity index (χ0n) is 8.35. The number of benzene rings is 1. The maximum Gasteiger partial charge on any atom is 0.152 e. The van der Waals surface area contributed by atoms with Gasteiger partial charge in [0.25, 0.3) is 0 Å². The molecule has 1 aromatic carbocycles. The molecule has 0 spiro atoms. The lowest BCUT2D eigenvalue weighted by atomic mass is 10.1. The van der Waals surface area contributed by atoms with Crippen LogP contribution >= 0.6 is 11.6 Å². The summed E-state index contributed by atoms with van der Waals surface area (Å²) in [5.74, 6) is -2.54. The van der Waals surface area contributed by atoms with Crippen LogP contribution in [0.4, 0.5) is 18.9 Å². The molecule has 0 fully saturated rings. The molecule has 0 aliphatic carbocycles. The number of nitrogens with two attached hydrogens (primary N) is 1. The van der Waals surface area contributed by atoms with E-state index >= 15 is 0 Å². The van der Waals surface area contributed by atoms with E-state index in [1.54, 1.807) is 0 Å². The number of anilines is 1. The predicted octanol–water partition coefficient (Wildman–Crippen LogP) is 3.40. The standard InChI is InChI=1S/C11H6ClF3N2/c12-5-1-7(10(16)8(14)2-5)11-9(15)3-6(13)4-17-11/h1-4H,16H2. The highest BCUT2D eigenvalue weighted by Gasteiger charge is 2.14. The van der Waals surface area contributed by atoms with E-state index in [0.717, 1.165) is 12.3 Å². The van der Waals surface area contributed by atoms with Crippen molar-refractivity contribution in [2.45, 2.75) is 0 Å². The molecule has 0 saturated heterocycles. The first-order chi connectivity index (χ1) is 7.99. The van der Waals surface area contributed by atoms with E-state index in [0.29, 0.717) is 6.07 Å². The molecule has 2 aromatic rings. The van der Waals surface area contributed by atoms with Gasteiger partial charge in [-0.1, -0.05) is 11.6 Å². The summed E-state index contributed by atoms with van der Waals surface area (Å²) in [6.07, 6.45) is 0.816. The number of pyridine rings is 1. The second kappa shape index (κ2) is 4.25. The van der Waals surface area contributed by atoms with E-state index in [9.17, 15) is 13.2 Å². The summed E-state index contributed by atoms with van der Waals surface area (Å²) in [6.45, 7) is 0. The second-order valence-corrected chi connectivity index (χ2v) is 3.77. The molecule has 0 atom stereocenters. The van der Waals surface area contributed by atoms with Crippen molar-refractivity contribution >= 4 is 17.3 Å². The van der Waals surface area contributed by atoms with E-state index < -0.39 is 17.5 Å². The van der Waals surface area contributed by atoms with Crippen LogP contribution < -0.4 is 5.73 Å². The molecule has 1 heterocycles. The number of rotatable bonds is 1. The van der Waals surface area contributed by atoms with E-state index in [1.165, 1.54) is 6.07 Å². The Kier molecular flexibility index (Phi) is 2.93. The number of nitrogens with zero attached hydrogens (tertiary/aromatic N) is 1. The van der Waals surface area contributed by atoms with Gasteiger partial charge in [0, 0.05) is 16.7 Å². The highest BCUT2D eigenvalue weighted by Crippen LogP contribution is 2.31. The largest absolute Gasteiger partial charge is 0.396 e. The molecule has 0 amide bonds. The molecule has 0 saturated carbocycles. The number of aromatic nitrogens is 1.